The molecular formula is C15H20N4O. The Morgan fingerprint density at radius 2 is 1.95 bits per heavy atom. The van der Waals surface area contributed by atoms with E-state index in [1.165, 1.54) is 0 Å². The highest BCUT2D eigenvalue weighted by Gasteiger charge is 2.03. The summed E-state index contributed by atoms with van der Waals surface area (Å²) in [6, 6.07) is 9.39. The van der Waals surface area contributed by atoms with Gasteiger partial charge in [0.15, 0.2) is 0 Å². The Morgan fingerprint density at radius 3 is 2.60 bits per heavy atom. The van der Waals surface area contributed by atoms with Crippen molar-refractivity contribution in [1.29, 1.82) is 0 Å². The molecule has 0 aliphatic heterocycles. The van der Waals surface area contributed by atoms with Gasteiger partial charge in [-0.1, -0.05) is 13.3 Å². The summed E-state index contributed by atoms with van der Waals surface area (Å²) in [5.74, 6) is 2.81. The molecule has 3 N–H and O–H groups in total. The SMILES string of the molecule is CCCCc1nc(N)cc(Nc2ccc(OC)cc2)n1. The molecule has 0 unspecified atom stereocenters. The summed E-state index contributed by atoms with van der Waals surface area (Å²) in [5, 5.41) is 3.23. The highest BCUT2D eigenvalue weighted by atomic mass is 16.5. The number of rotatable bonds is 6. The number of nitrogens with zero attached hydrogens (tertiary/aromatic N) is 2. The minimum atomic E-state index is 0.488. The number of aryl methyl sites for hydroxylation is 1. The molecule has 0 atom stereocenters. The Hall–Kier alpha value is -2.30. The van der Waals surface area contributed by atoms with Crippen LogP contribution in [-0.2, 0) is 6.42 Å². The third-order valence-corrected chi connectivity index (χ3v) is 2.91. The van der Waals surface area contributed by atoms with Gasteiger partial charge < -0.3 is 15.8 Å². The van der Waals surface area contributed by atoms with Crippen molar-refractivity contribution in [3.8, 4) is 5.75 Å². The van der Waals surface area contributed by atoms with Gasteiger partial charge in [0.05, 0.1) is 7.11 Å². The monoisotopic (exact) mass is 272 g/mol. The largest absolute Gasteiger partial charge is 0.497 e. The fourth-order valence-corrected chi connectivity index (χ4v) is 1.85. The third-order valence-electron chi connectivity index (χ3n) is 2.91. The van der Waals surface area contributed by atoms with E-state index in [1.54, 1.807) is 13.2 Å². The van der Waals surface area contributed by atoms with Crippen LogP contribution in [-0.4, -0.2) is 17.1 Å². The van der Waals surface area contributed by atoms with Crippen LogP contribution < -0.4 is 15.8 Å². The Bertz CT molecular complexity index is 554. The first kappa shape index (κ1) is 14.1. The first-order valence-electron chi connectivity index (χ1n) is 6.75. The average molecular weight is 272 g/mol. The average Bonchev–Trinajstić information content (AvgIpc) is 2.45. The molecular weight excluding hydrogens is 252 g/mol. The van der Waals surface area contributed by atoms with Gasteiger partial charge in [-0.2, -0.15) is 0 Å². The fourth-order valence-electron chi connectivity index (χ4n) is 1.85. The van der Waals surface area contributed by atoms with Crippen molar-refractivity contribution in [3.05, 3.63) is 36.2 Å². The maximum atomic E-state index is 5.82. The Morgan fingerprint density at radius 1 is 1.20 bits per heavy atom. The number of nitrogens with two attached hydrogens (primary N) is 1. The summed E-state index contributed by atoms with van der Waals surface area (Å²) in [7, 11) is 1.65. The number of hydrogen-bond acceptors (Lipinski definition) is 5. The molecule has 0 saturated heterocycles. The van der Waals surface area contributed by atoms with E-state index in [-0.39, 0.29) is 0 Å². The van der Waals surface area contributed by atoms with Crippen molar-refractivity contribution < 1.29 is 4.74 Å². The van der Waals surface area contributed by atoms with E-state index >= 15 is 0 Å². The molecule has 0 saturated carbocycles. The van der Waals surface area contributed by atoms with Gasteiger partial charge in [0.1, 0.15) is 23.2 Å². The second-order valence-corrected chi connectivity index (χ2v) is 4.55. The molecule has 0 aliphatic carbocycles. The predicted octanol–water partition coefficient (Wildman–Crippen LogP) is 3.15. The molecule has 0 spiro atoms. The Kier molecular flexibility index (Phi) is 4.76. The maximum absolute atomic E-state index is 5.82. The predicted molar refractivity (Wildman–Crippen MR) is 81.3 cm³/mol. The van der Waals surface area contributed by atoms with Gasteiger partial charge in [0.2, 0.25) is 0 Å². The zero-order valence-electron chi connectivity index (χ0n) is 11.9. The number of ether oxygens (including phenoxy) is 1. The molecule has 5 nitrogen and oxygen atoms in total. The summed E-state index contributed by atoms with van der Waals surface area (Å²) < 4.78 is 5.13. The van der Waals surface area contributed by atoms with Crippen molar-refractivity contribution >= 4 is 17.3 Å². The Labute approximate surface area is 119 Å². The summed E-state index contributed by atoms with van der Waals surface area (Å²) in [4.78, 5) is 8.72. The zero-order chi connectivity index (χ0) is 14.4. The smallest absolute Gasteiger partial charge is 0.136 e. The molecule has 2 aromatic rings. The molecule has 1 aromatic heterocycles. The highest BCUT2D eigenvalue weighted by Crippen LogP contribution is 2.20. The van der Waals surface area contributed by atoms with Crippen LogP contribution in [0.4, 0.5) is 17.3 Å². The van der Waals surface area contributed by atoms with E-state index in [1.807, 2.05) is 24.3 Å². The fraction of sp³-hybridized carbons (Fsp3) is 0.333. The molecule has 1 aromatic carbocycles. The lowest BCUT2D eigenvalue weighted by Gasteiger charge is -2.09. The van der Waals surface area contributed by atoms with E-state index in [0.29, 0.717) is 11.6 Å². The number of hydrogen-bond donors (Lipinski definition) is 2. The second-order valence-electron chi connectivity index (χ2n) is 4.55. The zero-order valence-corrected chi connectivity index (χ0v) is 11.9. The van der Waals surface area contributed by atoms with Crippen molar-refractivity contribution in [1.82, 2.24) is 9.97 Å². The lowest BCUT2D eigenvalue weighted by Crippen LogP contribution is -2.03. The maximum Gasteiger partial charge on any atom is 0.136 e. The first-order chi connectivity index (χ1) is 9.71. The van der Waals surface area contributed by atoms with Crippen LogP contribution in [0.3, 0.4) is 0 Å². The molecule has 106 valence electrons. The molecule has 5 heteroatoms. The van der Waals surface area contributed by atoms with E-state index in [0.717, 1.165) is 36.5 Å². The van der Waals surface area contributed by atoms with Crippen LogP contribution >= 0.6 is 0 Å². The topological polar surface area (TPSA) is 73.1 Å². The van der Waals surface area contributed by atoms with Crippen molar-refractivity contribution in [2.45, 2.75) is 26.2 Å². The lowest BCUT2D eigenvalue weighted by atomic mass is 10.2. The van der Waals surface area contributed by atoms with Crippen LogP contribution in [0, 0.1) is 0 Å². The number of unbranched alkanes of at least 4 members (excludes halogenated alkanes) is 1. The van der Waals surface area contributed by atoms with Gasteiger partial charge in [-0.3, -0.25) is 0 Å². The number of nitrogen functional groups attached to an aromatic ring is 1. The van der Waals surface area contributed by atoms with Crippen molar-refractivity contribution in [2.75, 3.05) is 18.2 Å². The van der Waals surface area contributed by atoms with Gasteiger partial charge in [0, 0.05) is 18.2 Å². The van der Waals surface area contributed by atoms with Gasteiger partial charge >= 0.3 is 0 Å². The molecule has 0 fully saturated rings. The number of benzene rings is 1. The number of anilines is 3. The van der Waals surface area contributed by atoms with Crippen molar-refractivity contribution in [3.63, 3.8) is 0 Å². The summed E-state index contributed by atoms with van der Waals surface area (Å²) in [5.41, 5.74) is 6.75. The summed E-state index contributed by atoms with van der Waals surface area (Å²) in [6.07, 6.45) is 3.02. The van der Waals surface area contributed by atoms with E-state index < -0.39 is 0 Å². The van der Waals surface area contributed by atoms with E-state index in [9.17, 15) is 0 Å². The van der Waals surface area contributed by atoms with Crippen LogP contribution in [0.15, 0.2) is 30.3 Å². The third kappa shape index (κ3) is 3.85. The standard InChI is InChI=1S/C15H20N4O/c1-3-4-5-14-18-13(16)10-15(19-14)17-11-6-8-12(20-2)9-7-11/h6-10H,3-5H2,1-2H3,(H3,16,17,18,19). The first-order valence-corrected chi connectivity index (χ1v) is 6.75. The lowest BCUT2D eigenvalue weighted by molar-refractivity contribution is 0.415. The molecule has 0 aliphatic rings. The summed E-state index contributed by atoms with van der Waals surface area (Å²) in [6.45, 7) is 2.14. The van der Waals surface area contributed by atoms with Gasteiger partial charge in [-0.25, -0.2) is 9.97 Å². The van der Waals surface area contributed by atoms with E-state index in [2.05, 4.69) is 22.2 Å². The second kappa shape index (κ2) is 6.75. The summed E-state index contributed by atoms with van der Waals surface area (Å²) >= 11 is 0. The van der Waals surface area contributed by atoms with Crippen LogP contribution in [0.25, 0.3) is 0 Å². The van der Waals surface area contributed by atoms with Crippen LogP contribution in [0.5, 0.6) is 5.75 Å². The molecule has 0 radical (unpaired) electrons. The number of aromatic nitrogens is 2. The van der Waals surface area contributed by atoms with Crippen molar-refractivity contribution in [2.24, 2.45) is 0 Å². The minimum absolute atomic E-state index is 0.488. The van der Waals surface area contributed by atoms with Gasteiger partial charge in [-0.05, 0) is 30.7 Å². The van der Waals surface area contributed by atoms with Gasteiger partial charge in [0.25, 0.3) is 0 Å². The molecule has 2 rings (SSSR count). The quantitative estimate of drug-likeness (QED) is 0.845. The molecule has 0 amide bonds. The van der Waals surface area contributed by atoms with Crippen LogP contribution in [0.1, 0.15) is 25.6 Å². The minimum Gasteiger partial charge on any atom is -0.497 e. The van der Waals surface area contributed by atoms with Crippen LogP contribution in [0.2, 0.25) is 0 Å². The molecule has 0 bridgehead atoms. The van der Waals surface area contributed by atoms with E-state index in [4.69, 9.17) is 10.5 Å². The number of methoxy groups -OCH3 is 1. The molecule has 1 heterocycles. The number of nitrogens with one attached hydrogen (secondary N) is 1. The highest BCUT2D eigenvalue weighted by molar-refractivity contribution is 5.59. The normalized spacial score (nSPS) is 10.3. The molecule has 20 heavy (non-hydrogen) atoms. The Balaban J connectivity index is 2.12. The van der Waals surface area contributed by atoms with Gasteiger partial charge in [-0.15, -0.1) is 0 Å².